The van der Waals surface area contributed by atoms with Gasteiger partial charge in [-0.3, -0.25) is 9.69 Å². The van der Waals surface area contributed by atoms with E-state index in [1.165, 1.54) is 24.0 Å². The van der Waals surface area contributed by atoms with Crippen molar-refractivity contribution in [2.45, 2.75) is 71.2 Å². The molecule has 0 saturated heterocycles. The third-order valence-electron chi connectivity index (χ3n) is 8.27. The van der Waals surface area contributed by atoms with Gasteiger partial charge in [-0.05, 0) is 97.8 Å². The summed E-state index contributed by atoms with van der Waals surface area (Å²) in [5.41, 5.74) is 5.10. The predicted octanol–water partition coefficient (Wildman–Crippen LogP) is 5.92. The molecule has 5 rings (SSSR count). The smallest absolute Gasteiger partial charge is 0.251 e. The number of nitrogens with zero attached hydrogens (tertiary/aromatic N) is 2. The van der Waals surface area contributed by atoms with Crippen molar-refractivity contribution in [3.63, 3.8) is 0 Å². The highest BCUT2D eigenvalue weighted by Gasteiger charge is 2.24. The van der Waals surface area contributed by atoms with Gasteiger partial charge in [-0.2, -0.15) is 0 Å². The summed E-state index contributed by atoms with van der Waals surface area (Å²) < 4.78 is 26.3. The Morgan fingerprint density at radius 3 is 2.72 bits per heavy atom. The molecule has 9 heteroatoms. The zero-order valence-electron chi connectivity index (χ0n) is 26.8. The van der Waals surface area contributed by atoms with E-state index in [4.69, 9.17) is 9.15 Å². The molecule has 1 aromatic heterocycles. The van der Waals surface area contributed by atoms with Crippen molar-refractivity contribution < 1.29 is 23.4 Å². The summed E-state index contributed by atoms with van der Waals surface area (Å²) in [4.78, 5) is 20.6. The van der Waals surface area contributed by atoms with Gasteiger partial charge in [0.15, 0.2) is 0 Å². The first-order chi connectivity index (χ1) is 22.4. The molecule has 0 aliphatic carbocycles. The van der Waals surface area contributed by atoms with Crippen molar-refractivity contribution in [3.8, 4) is 17.2 Å². The number of fused-ring (bicyclic) bond motifs is 4. The Hall–Kier alpha value is -4.05. The molecular formula is C37H45FN4O4. The topological polar surface area (TPSA) is 99.9 Å². The summed E-state index contributed by atoms with van der Waals surface area (Å²) >= 11 is 0. The van der Waals surface area contributed by atoms with Crippen molar-refractivity contribution in [2.24, 2.45) is 0 Å². The average Bonchev–Trinajstić information content (AvgIpc) is 3.59. The van der Waals surface area contributed by atoms with Crippen LogP contribution in [0.3, 0.4) is 0 Å². The molecule has 0 saturated carbocycles. The summed E-state index contributed by atoms with van der Waals surface area (Å²) in [7, 11) is 0. The second-order valence-electron chi connectivity index (χ2n) is 12.0. The van der Waals surface area contributed by atoms with Crippen molar-refractivity contribution in [2.75, 3.05) is 26.2 Å². The number of aliphatic hydroxyl groups excluding tert-OH is 1. The lowest BCUT2D eigenvalue weighted by atomic mass is 9.99. The first kappa shape index (κ1) is 33.3. The standard InChI is InChI=1S/C37H45FN4O4/c1-3-11-42-12-5-6-13-45-33-19-28(18-32(38)22-33)20-34(35(43)24-39-23-27-9-7-8-26(4-2)15-27)41-36(44)30-16-29(25-42)17-31(21-30)37-40-10-14-46-37/h7-10,14-19,21-22,34-35,39,43H,3-6,11-13,20,23-25H2,1-2H3,(H,41,44)/t34-,35+/m0/s1. The molecule has 2 heterocycles. The van der Waals surface area contributed by atoms with Gasteiger partial charge in [0.05, 0.1) is 24.9 Å². The van der Waals surface area contributed by atoms with Gasteiger partial charge >= 0.3 is 0 Å². The lowest BCUT2D eigenvalue weighted by Crippen LogP contribution is -2.48. The first-order valence-corrected chi connectivity index (χ1v) is 16.4. The van der Waals surface area contributed by atoms with Crippen LogP contribution in [0.2, 0.25) is 0 Å². The maximum Gasteiger partial charge on any atom is 0.251 e. The fraction of sp³-hybridized carbons (Fsp3) is 0.405. The molecule has 1 amide bonds. The maximum absolute atomic E-state index is 14.7. The first-order valence-electron chi connectivity index (χ1n) is 16.4. The highest BCUT2D eigenvalue weighted by Crippen LogP contribution is 2.24. The number of halogens is 1. The number of aliphatic hydroxyl groups is 1. The Bertz CT molecular complexity index is 1560. The fourth-order valence-electron chi connectivity index (χ4n) is 5.95. The molecule has 244 valence electrons. The van der Waals surface area contributed by atoms with Gasteiger partial charge in [0.2, 0.25) is 5.89 Å². The molecule has 0 unspecified atom stereocenters. The molecule has 3 aromatic carbocycles. The van der Waals surface area contributed by atoms with Crippen LogP contribution in [0.5, 0.6) is 5.75 Å². The van der Waals surface area contributed by atoms with Crippen molar-refractivity contribution >= 4 is 5.91 Å². The highest BCUT2D eigenvalue weighted by atomic mass is 19.1. The summed E-state index contributed by atoms with van der Waals surface area (Å²) in [6, 6.07) is 17.9. The van der Waals surface area contributed by atoms with Gasteiger partial charge in [-0.15, -0.1) is 0 Å². The number of aromatic nitrogens is 1. The number of carbonyl (C=O) groups excluding carboxylic acids is 1. The fourth-order valence-corrected chi connectivity index (χ4v) is 5.95. The number of oxazole rings is 1. The molecule has 2 atom stereocenters. The molecule has 4 aromatic rings. The molecular weight excluding hydrogens is 583 g/mol. The van der Waals surface area contributed by atoms with Gasteiger partial charge in [0, 0.05) is 36.8 Å². The molecule has 4 bridgehead atoms. The summed E-state index contributed by atoms with van der Waals surface area (Å²) in [6.45, 7) is 7.96. The zero-order valence-corrected chi connectivity index (χ0v) is 26.8. The van der Waals surface area contributed by atoms with Crippen LogP contribution in [0.4, 0.5) is 4.39 Å². The van der Waals surface area contributed by atoms with Crippen LogP contribution in [0.1, 0.15) is 65.7 Å². The Morgan fingerprint density at radius 1 is 1.07 bits per heavy atom. The van der Waals surface area contributed by atoms with Crippen LogP contribution >= 0.6 is 0 Å². The number of hydrogen-bond donors (Lipinski definition) is 3. The van der Waals surface area contributed by atoms with Crippen LogP contribution in [-0.2, 0) is 25.9 Å². The number of benzene rings is 3. The molecule has 1 aliphatic heterocycles. The third-order valence-corrected chi connectivity index (χ3v) is 8.27. The van der Waals surface area contributed by atoms with Crippen LogP contribution < -0.4 is 15.4 Å². The number of ether oxygens (including phenoxy) is 1. The quantitative estimate of drug-likeness (QED) is 0.212. The predicted molar refractivity (Wildman–Crippen MR) is 177 cm³/mol. The second-order valence-corrected chi connectivity index (χ2v) is 12.0. The van der Waals surface area contributed by atoms with Crippen LogP contribution in [-0.4, -0.2) is 59.3 Å². The third kappa shape index (κ3) is 9.48. The summed E-state index contributed by atoms with van der Waals surface area (Å²) in [5.74, 6) is 0.117. The largest absolute Gasteiger partial charge is 0.493 e. The van der Waals surface area contributed by atoms with E-state index in [1.54, 1.807) is 18.3 Å². The monoisotopic (exact) mass is 628 g/mol. The van der Waals surface area contributed by atoms with Crippen LogP contribution in [0, 0.1) is 5.82 Å². The number of nitrogens with one attached hydrogen (secondary N) is 2. The molecule has 3 N–H and O–H groups in total. The molecule has 0 radical (unpaired) electrons. The average molecular weight is 629 g/mol. The van der Waals surface area contributed by atoms with E-state index in [2.05, 4.69) is 46.5 Å². The van der Waals surface area contributed by atoms with E-state index in [0.29, 0.717) is 48.0 Å². The zero-order chi connectivity index (χ0) is 32.3. The van der Waals surface area contributed by atoms with E-state index >= 15 is 0 Å². The summed E-state index contributed by atoms with van der Waals surface area (Å²) in [6.07, 6.45) is 6.03. The van der Waals surface area contributed by atoms with E-state index in [9.17, 15) is 14.3 Å². The van der Waals surface area contributed by atoms with E-state index < -0.39 is 18.0 Å². The SMILES string of the molecule is CCCN1CCCCOc2cc(F)cc(c2)C[C@@H]([C@H](O)CNCc2cccc(CC)c2)NC(=O)c2cc(cc(-c3ncco3)c2)C1. The van der Waals surface area contributed by atoms with Crippen LogP contribution in [0.15, 0.2) is 77.5 Å². The number of rotatable bonds is 9. The van der Waals surface area contributed by atoms with Gasteiger partial charge in [-0.1, -0.05) is 38.1 Å². The number of hydrogen-bond acceptors (Lipinski definition) is 7. The minimum atomic E-state index is -0.956. The van der Waals surface area contributed by atoms with Crippen molar-refractivity contribution in [1.82, 2.24) is 20.5 Å². The van der Waals surface area contributed by atoms with Gasteiger partial charge in [0.25, 0.3) is 5.91 Å². The summed E-state index contributed by atoms with van der Waals surface area (Å²) in [5, 5.41) is 17.8. The van der Waals surface area contributed by atoms with Gasteiger partial charge in [0.1, 0.15) is 17.8 Å². The highest BCUT2D eigenvalue weighted by molar-refractivity contribution is 5.95. The van der Waals surface area contributed by atoms with Crippen molar-refractivity contribution in [1.29, 1.82) is 0 Å². The Labute approximate surface area is 271 Å². The Kier molecular flexibility index (Phi) is 11.9. The lowest BCUT2D eigenvalue weighted by molar-refractivity contribution is 0.0829. The van der Waals surface area contributed by atoms with E-state index in [0.717, 1.165) is 49.9 Å². The Balaban J connectivity index is 1.44. The van der Waals surface area contributed by atoms with Crippen molar-refractivity contribution in [3.05, 3.63) is 107 Å². The number of aryl methyl sites for hydroxylation is 1. The van der Waals surface area contributed by atoms with Gasteiger partial charge in [-0.25, -0.2) is 9.37 Å². The minimum Gasteiger partial charge on any atom is -0.493 e. The van der Waals surface area contributed by atoms with E-state index in [-0.39, 0.29) is 18.9 Å². The maximum atomic E-state index is 14.7. The van der Waals surface area contributed by atoms with E-state index in [1.807, 2.05) is 24.3 Å². The Morgan fingerprint density at radius 2 is 1.91 bits per heavy atom. The second kappa shape index (κ2) is 16.5. The number of amides is 1. The van der Waals surface area contributed by atoms with Crippen LogP contribution in [0.25, 0.3) is 11.5 Å². The molecule has 0 spiro atoms. The number of carbonyl (C=O) groups is 1. The molecule has 1 aliphatic rings. The molecule has 8 nitrogen and oxygen atoms in total. The normalized spacial score (nSPS) is 17.1. The lowest BCUT2D eigenvalue weighted by Gasteiger charge is -2.26. The minimum absolute atomic E-state index is 0.213. The van der Waals surface area contributed by atoms with Gasteiger partial charge < -0.3 is 24.9 Å². The molecule has 0 fully saturated rings. The molecule has 46 heavy (non-hydrogen) atoms.